The van der Waals surface area contributed by atoms with Gasteiger partial charge in [-0.25, -0.2) is 4.79 Å². The summed E-state index contributed by atoms with van der Waals surface area (Å²) in [5, 5.41) is 0. The molecule has 1 aliphatic rings. The number of H-pyrrole nitrogens is 1. The normalized spacial score (nSPS) is 15.1. The van der Waals surface area contributed by atoms with E-state index in [1.807, 2.05) is 0 Å². The summed E-state index contributed by atoms with van der Waals surface area (Å²) in [6, 6.07) is 0. The first-order chi connectivity index (χ1) is 8.69. The van der Waals surface area contributed by atoms with Crippen LogP contribution in [0.3, 0.4) is 0 Å². The number of fused-ring (bicyclic) bond motifs is 1. The average Bonchev–Trinajstić information content (AvgIpc) is 2.61. The lowest BCUT2D eigenvalue weighted by Gasteiger charge is -2.01. The van der Waals surface area contributed by atoms with Crippen molar-refractivity contribution in [3.8, 4) is 0 Å². The van der Waals surface area contributed by atoms with E-state index < -0.39 is 0 Å². The largest absolute Gasteiger partial charge is 0.464 e. The molecular weight excluding hydrogens is 230 g/mol. The third kappa shape index (κ3) is 2.19. The number of esters is 1. The molecule has 0 fully saturated rings. The van der Waals surface area contributed by atoms with E-state index in [9.17, 15) is 9.59 Å². The number of ether oxygens (including phenoxy) is 1. The molecule has 0 spiro atoms. The van der Waals surface area contributed by atoms with E-state index in [1.54, 1.807) is 0 Å². The third-order valence-corrected chi connectivity index (χ3v) is 3.43. The van der Waals surface area contributed by atoms with Crippen molar-refractivity contribution in [3.05, 3.63) is 22.5 Å². The zero-order valence-electron chi connectivity index (χ0n) is 11.0. The van der Waals surface area contributed by atoms with E-state index in [4.69, 9.17) is 4.74 Å². The summed E-state index contributed by atoms with van der Waals surface area (Å²) in [5.74, 6) is -0.208. The Hall–Kier alpha value is -1.58. The van der Waals surface area contributed by atoms with Crippen LogP contribution in [0.1, 0.15) is 64.7 Å². The second-order valence-corrected chi connectivity index (χ2v) is 4.70. The molecule has 1 heterocycles. The van der Waals surface area contributed by atoms with Gasteiger partial charge in [0.05, 0.1) is 7.11 Å². The van der Waals surface area contributed by atoms with Crippen molar-refractivity contribution in [2.24, 2.45) is 0 Å². The van der Waals surface area contributed by atoms with E-state index >= 15 is 0 Å². The van der Waals surface area contributed by atoms with E-state index in [-0.39, 0.29) is 11.8 Å². The van der Waals surface area contributed by atoms with Crippen molar-refractivity contribution in [2.75, 3.05) is 7.11 Å². The smallest absolute Gasteiger partial charge is 0.354 e. The maximum atomic E-state index is 12.2. The molecule has 0 unspecified atom stereocenters. The van der Waals surface area contributed by atoms with Crippen molar-refractivity contribution < 1.29 is 14.3 Å². The molecule has 0 saturated carbocycles. The number of aromatic nitrogens is 1. The van der Waals surface area contributed by atoms with E-state index in [2.05, 4.69) is 11.9 Å². The first-order valence-corrected chi connectivity index (χ1v) is 6.54. The molecule has 4 heteroatoms. The summed E-state index contributed by atoms with van der Waals surface area (Å²) in [5.41, 5.74) is 3.01. The highest BCUT2D eigenvalue weighted by Gasteiger charge is 2.27. The van der Waals surface area contributed by atoms with Crippen LogP contribution in [0.15, 0.2) is 0 Å². The van der Waals surface area contributed by atoms with Crippen molar-refractivity contribution in [2.45, 2.75) is 45.4 Å². The minimum atomic E-state index is -0.372. The predicted octanol–water partition coefficient (Wildman–Crippen LogP) is 2.66. The lowest BCUT2D eigenvalue weighted by atomic mass is 10.0. The average molecular weight is 249 g/mol. The van der Waals surface area contributed by atoms with Gasteiger partial charge in [0.15, 0.2) is 5.78 Å². The minimum Gasteiger partial charge on any atom is -0.464 e. The van der Waals surface area contributed by atoms with Crippen LogP contribution >= 0.6 is 0 Å². The maximum absolute atomic E-state index is 12.2. The fourth-order valence-electron chi connectivity index (χ4n) is 2.61. The summed E-state index contributed by atoms with van der Waals surface area (Å²) in [4.78, 5) is 27.0. The molecule has 98 valence electrons. The highest BCUT2D eigenvalue weighted by molar-refractivity contribution is 6.02. The van der Waals surface area contributed by atoms with Crippen LogP contribution in [0, 0.1) is 0 Å². The monoisotopic (exact) mass is 249 g/mol. The Bertz CT molecular complexity index is 474. The Kier molecular flexibility index (Phi) is 3.84. The number of aromatic amines is 1. The number of ketones is 1. The van der Waals surface area contributed by atoms with E-state index in [0.29, 0.717) is 12.1 Å². The molecule has 1 aromatic heterocycles. The van der Waals surface area contributed by atoms with Crippen molar-refractivity contribution in [3.63, 3.8) is 0 Å². The van der Waals surface area contributed by atoms with Gasteiger partial charge in [-0.1, -0.05) is 13.3 Å². The Balaban J connectivity index is 2.53. The molecule has 1 N–H and O–H groups in total. The fraction of sp³-hybridized carbons (Fsp3) is 0.571. The Labute approximate surface area is 107 Å². The molecule has 0 radical (unpaired) electrons. The highest BCUT2D eigenvalue weighted by Crippen LogP contribution is 2.28. The molecule has 2 rings (SSSR count). The van der Waals surface area contributed by atoms with Gasteiger partial charge in [-0.3, -0.25) is 4.79 Å². The number of aryl methyl sites for hydroxylation is 1. The van der Waals surface area contributed by atoms with Gasteiger partial charge in [0.1, 0.15) is 5.69 Å². The standard InChI is InChI=1S/C14H19NO3/c1-3-6-10-12-9(7-4-5-8-11(12)16)13(15-10)14(17)18-2/h15H,3-8H2,1-2H3. The first-order valence-electron chi connectivity index (χ1n) is 6.54. The summed E-state index contributed by atoms with van der Waals surface area (Å²) in [6.45, 7) is 2.06. The van der Waals surface area contributed by atoms with Crippen LogP contribution in [0.4, 0.5) is 0 Å². The predicted molar refractivity (Wildman–Crippen MR) is 68.0 cm³/mol. The van der Waals surface area contributed by atoms with Crippen molar-refractivity contribution >= 4 is 11.8 Å². The molecular formula is C14H19NO3. The summed E-state index contributed by atoms with van der Waals surface area (Å²) in [7, 11) is 1.37. The van der Waals surface area contributed by atoms with Crippen molar-refractivity contribution in [1.29, 1.82) is 0 Å². The lowest BCUT2D eigenvalue weighted by Crippen LogP contribution is -2.06. The number of Topliss-reactive ketones (excluding diaryl/α,β-unsaturated/α-hetero) is 1. The van der Waals surface area contributed by atoms with Crippen LogP contribution in [0.5, 0.6) is 0 Å². The number of carbonyl (C=O) groups is 2. The number of methoxy groups -OCH3 is 1. The van der Waals surface area contributed by atoms with Crippen molar-refractivity contribution in [1.82, 2.24) is 4.98 Å². The maximum Gasteiger partial charge on any atom is 0.354 e. The highest BCUT2D eigenvalue weighted by atomic mass is 16.5. The van der Waals surface area contributed by atoms with E-state index in [0.717, 1.165) is 48.9 Å². The zero-order chi connectivity index (χ0) is 13.1. The second-order valence-electron chi connectivity index (χ2n) is 4.70. The summed E-state index contributed by atoms with van der Waals surface area (Å²) in [6.07, 6.45) is 4.96. The Morgan fingerprint density at radius 1 is 1.33 bits per heavy atom. The van der Waals surface area contributed by atoms with Crippen LogP contribution < -0.4 is 0 Å². The van der Waals surface area contributed by atoms with Gasteiger partial charge in [-0.15, -0.1) is 0 Å². The Morgan fingerprint density at radius 3 is 2.72 bits per heavy atom. The molecule has 0 aromatic carbocycles. The SMILES string of the molecule is CCCc1[nH]c(C(=O)OC)c2c1C(=O)CCCC2. The molecule has 4 nitrogen and oxygen atoms in total. The molecule has 0 bridgehead atoms. The summed E-state index contributed by atoms with van der Waals surface area (Å²) >= 11 is 0. The zero-order valence-corrected chi connectivity index (χ0v) is 11.0. The lowest BCUT2D eigenvalue weighted by molar-refractivity contribution is 0.0593. The van der Waals surface area contributed by atoms with Gasteiger partial charge >= 0.3 is 5.97 Å². The van der Waals surface area contributed by atoms with Crippen LogP contribution in [0.2, 0.25) is 0 Å². The van der Waals surface area contributed by atoms with Gasteiger partial charge in [-0.05, 0) is 31.2 Å². The van der Waals surface area contributed by atoms with Crippen LogP contribution in [-0.2, 0) is 17.6 Å². The molecule has 0 saturated heterocycles. The molecule has 0 aliphatic heterocycles. The van der Waals surface area contributed by atoms with Gasteiger partial charge in [0.2, 0.25) is 0 Å². The molecule has 18 heavy (non-hydrogen) atoms. The van der Waals surface area contributed by atoms with Gasteiger partial charge in [0.25, 0.3) is 0 Å². The van der Waals surface area contributed by atoms with E-state index in [1.165, 1.54) is 7.11 Å². The van der Waals surface area contributed by atoms with Gasteiger partial charge in [0, 0.05) is 17.7 Å². The Morgan fingerprint density at radius 2 is 2.06 bits per heavy atom. The molecule has 1 aromatic rings. The van der Waals surface area contributed by atoms with Gasteiger partial charge in [-0.2, -0.15) is 0 Å². The third-order valence-electron chi connectivity index (χ3n) is 3.43. The first kappa shape index (κ1) is 12.9. The minimum absolute atomic E-state index is 0.164. The number of rotatable bonds is 3. The summed E-state index contributed by atoms with van der Waals surface area (Å²) < 4.78 is 4.79. The topological polar surface area (TPSA) is 59.2 Å². The molecule has 1 aliphatic carbocycles. The van der Waals surface area contributed by atoms with Crippen LogP contribution in [-0.4, -0.2) is 23.8 Å². The molecule has 0 atom stereocenters. The number of hydrogen-bond acceptors (Lipinski definition) is 3. The fourth-order valence-corrected chi connectivity index (χ4v) is 2.61. The number of nitrogens with one attached hydrogen (secondary N) is 1. The van der Waals surface area contributed by atoms with Gasteiger partial charge < -0.3 is 9.72 Å². The number of hydrogen-bond donors (Lipinski definition) is 1. The van der Waals surface area contributed by atoms with Crippen LogP contribution in [0.25, 0.3) is 0 Å². The quantitative estimate of drug-likeness (QED) is 0.661. The number of carbonyl (C=O) groups excluding carboxylic acids is 2. The second kappa shape index (κ2) is 5.38. The molecule has 0 amide bonds.